The molecule has 4 N–H and O–H groups in total. The summed E-state index contributed by atoms with van der Waals surface area (Å²) in [4.78, 5) is 0. The van der Waals surface area contributed by atoms with Gasteiger partial charge in [0.2, 0.25) is 0 Å². The molecule has 0 fully saturated rings. The van der Waals surface area contributed by atoms with E-state index in [0.29, 0.717) is 0 Å². The number of nitrogen functional groups attached to an aromatic ring is 2. The zero-order valence-corrected chi connectivity index (χ0v) is 25.2. The van der Waals surface area contributed by atoms with E-state index in [2.05, 4.69) is 133 Å². The summed E-state index contributed by atoms with van der Waals surface area (Å²) in [7, 11) is 0. The minimum atomic E-state index is 0.771. The zero-order chi connectivity index (χ0) is 30.8. The van der Waals surface area contributed by atoms with Crippen LogP contribution in [-0.2, 0) is 0 Å². The van der Waals surface area contributed by atoms with Crippen LogP contribution in [0.5, 0.6) is 0 Å². The Morgan fingerprint density at radius 1 is 0.239 bits per heavy atom. The van der Waals surface area contributed by atoms with Gasteiger partial charge in [0, 0.05) is 11.4 Å². The van der Waals surface area contributed by atoms with Crippen LogP contribution in [0, 0.1) is 0 Å². The van der Waals surface area contributed by atoms with Gasteiger partial charge < -0.3 is 11.5 Å². The van der Waals surface area contributed by atoms with Crippen molar-refractivity contribution in [3.05, 3.63) is 158 Å². The smallest absolute Gasteiger partial charge is 0.0314 e. The molecule has 0 saturated carbocycles. The minimum absolute atomic E-state index is 0.771. The summed E-state index contributed by atoms with van der Waals surface area (Å²) in [6, 6.07) is 56.5. The number of hydrogen-bond donors (Lipinski definition) is 2. The van der Waals surface area contributed by atoms with Crippen LogP contribution in [-0.4, -0.2) is 0 Å². The van der Waals surface area contributed by atoms with Gasteiger partial charge in [-0.25, -0.2) is 0 Å². The van der Waals surface area contributed by atoms with Gasteiger partial charge in [-0.15, -0.1) is 0 Å². The molecule has 0 aliphatic rings. The van der Waals surface area contributed by atoms with Crippen LogP contribution in [0.3, 0.4) is 0 Å². The third-order valence-corrected chi connectivity index (χ3v) is 9.54. The molecular formula is C44H30N2. The molecule has 0 saturated heterocycles. The van der Waals surface area contributed by atoms with Crippen LogP contribution in [0.4, 0.5) is 11.4 Å². The van der Waals surface area contributed by atoms with Crippen molar-refractivity contribution in [1.82, 2.24) is 0 Å². The van der Waals surface area contributed by atoms with Gasteiger partial charge in [0.1, 0.15) is 0 Å². The molecule has 46 heavy (non-hydrogen) atoms. The Labute approximate surface area is 267 Å². The standard InChI is InChI=1S/C44H30N2/c45-29-19-15-27(16-20-29)31-7-1-3-9-33(31)35-23-25-41-42-26-24-36(34-10-4-2-8-32(34)28-17-21-30(46)22-18-28)38-12-6-14-40(44(38)42)39-13-5-11-37(35)43(39)41/h1-26H,45-46H2. The summed E-state index contributed by atoms with van der Waals surface area (Å²) in [5.74, 6) is 0. The van der Waals surface area contributed by atoms with Gasteiger partial charge >= 0.3 is 0 Å². The molecule has 0 atom stereocenters. The zero-order valence-electron chi connectivity index (χ0n) is 25.2. The van der Waals surface area contributed by atoms with Crippen molar-refractivity contribution >= 4 is 54.5 Å². The van der Waals surface area contributed by atoms with Crippen molar-refractivity contribution in [2.24, 2.45) is 0 Å². The number of anilines is 2. The summed E-state index contributed by atoms with van der Waals surface area (Å²) in [6.07, 6.45) is 0. The Hall–Kier alpha value is -6.12. The highest BCUT2D eigenvalue weighted by Crippen LogP contribution is 2.47. The fraction of sp³-hybridized carbons (Fsp3) is 0. The molecule has 0 spiro atoms. The molecule has 216 valence electrons. The van der Waals surface area contributed by atoms with Crippen LogP contribution < -0.4 is 11.5 Å². The first-order chi connectivity index (χ1) is 22.7. The molecule has 0 bridgehead atoms. The third kappa shape index (κ3) is 3.97. The van der Waals surface area contributed by atoms with Crippen LogP contribution >= 0.6 is 0 Å². The molecule has 0 aliphatic heterocycles. The second kappa shape index (κ2) is 10.2. The second-order valence-corrected chi connectivity index (χ2v) is 12.1. The van der Waals surface area contributed by atoms with Gasteiger partial charge in [-0.3, -0.25) is 0 Å². The van der Waals surface area contributed by atoms with Gasteiger partial charge in [-0.2, -0.15) is 0 Å². The van der Waals surface area contributed by atoms with Gasteiger partial charge in [0.05, 0.1) is 0 Å². The lowest BCUT2D eigenvalue weighted by molar-refractivity contribution is 1.60. The Morgan fingerprint density at radius 3 is 1.00 bits per heavy atom. The Morgan fingerprint density at radius 2 is 0.587 bits per heavy atom. The summed E-state index contributed by atoms with van der Waals surface area (Å²) >= 11 is 0. The lowest BCUT2D eigenvalue weighted by Gasteiger charge is -2.20. The molecule has 0 radical (unpaired) electrons. The molecule has 0 amide bonds. The first-order valence-corrected chi connectivity index (χ1v) is 15.7. The Kier molecular flexibility index (Phi) is 5.84. The predicted molar refractivity (Wildman–Crippen MR) is 198 cm³/mol. The van der Waals surface area contributed by atoms with Gasteiger partial charge in [-0.1, -0.05) is 133 Å². The van der Waals surface area contributed by atoms with Crippen molar-refractivity contribution in [3.63, 3.8) is 0 Å². The van der Waals surface area contributed by atoms with E-state index in [1.807, 2.05) is 24.3 Å². The fourth-order valence-electron chi connectivity index (χ4n) is 7.45. The maximum Gasteiger partial charge on any atom is 0.0314 e. The SMILES string of the molecule is Nc1ccc(-c2ccccc2-c2ccc3c4ccc(-c5ccccc5-c5ccc(N)cc5)c5cccc(c6cccc2c63)c54)cc1. The predicted octanol–water partition coefficient (Wildman–Crippen LogP) is 11.6. The summed E-state index contributed by atoms with van der Waals surface area (Å²) < 4.78 is 0. The first-order valence-electron chi connectivity index (χ1n) is 15.7. The van der Waals surface area contributed by atoms with E-state index >= 15 is 0 Å². The molecule has 9 aromatic carbocycles. The molecule has 2 nitrogen and oxygen atoms in total. The molecule has 0 unspecified atom stereocenters. The topological polar surface area (TPSA) is 52.0 Å². The molecule has 9 rings (SSSR count). The van der Waals surface area contributed by atoms with E-state index < -0.39 is 0 Å². The van der Waals surface area contributed by atoms with E-state index in [0.717, 1.165) is 22.5 Å². The van der Waals surface area contributed by atoms with E-state index in [4.69, 9.17) is 11.5 Å². The molecule has 0 aromatic heterocycles. The Bertz CT molecular complexity index is 2380. The third-order valence-electron chi connectivity index (χ3n) is 9.54. The van der Waals surface area contributed by atoms with Crippen molar-refractivity contribution in [2.45, 2.75) is 0 Å². The van der Waals surface area contributed by atoms with Crippen molar-refractivity contribution in [1.29, 1.82) is 0 Å². The maximum atomic E-state index is 6.03. The number of hydrogen-bond acceptors (Lipinski definition) is 2. The monoisotopic (exact) mass is 586 g/mol. The van der Waals surface area contributed by atoms with Crippen LogP contribution in [0.1, 0.15) is 0 Å². The Balaban J connectivity index is 1.31. The fourth-order valence-corrected chi connectivity index (χ4v) is 7.45. The lowest BCUT2D eigenvalue weighted by atomic mass is 9.83. The minimum Gasteiger partial charge on any atom is -0.399 e. The van der Waals surface area contributed by atoms with Crippen molar-refractivity contribution < 1.29 is 0 Å². The summed E-state index contributed by atoms with van der Waals surface area (Å²) in [6.45, 7) is 0. The lowest BCUT2D eigenvalue weighted by Crippen LogP contribution is -1.92. The summed E-state index contributed by atoms with van der Waals surface area (Å²) in [5.41, 5.74) is 23.2. The van der Waals surface area contributed by atoms with E-state index in [1.165, 1.54) is 76.5 Å². The van der Waals surface area contributed by atoms with E-state index in [1.54, 1.807) is 0 Å². The molecule has 0 aliphatic carbocycles. The van der Waals surface area contributed by atoms with Crippen molar-refractivity contribution in [3.8, 4) is 44.5 Å². The number of fused-ring (bicyclic) bond motifs is 2. The van der Waals surface area contributed by atoms with Crippen LogP contribution in [0.15, 0.2) is 158 Å². The number of nitrogens with two attached hydrogens (primary N) is 2. The highest BCUT2D eigenvalue weighted by molar-refractivity contribution is 6.35. The highest BCUT2D eigenvalue weighted by Gasteiger charge is 2.19. The maximum absolute atomic E-state index is 6.03. The van der Waals surface area contributed by atoms with Gasteiger partial charge in [-0.05, 0) is 112 Å². The van der Waals surface area contributed by atoms with E-state index in [-0.39, 0.29) is 0 Å². The van der Waals surface area contributed by atoms with Crippen LogP contribution in [0.2, 0.25) is 0 Å². The molecular weight excluding hydrogens is 556 g/mol. The van der Waals surface area contributed by atoms with Crippen LogP contribution in [0.25, 0.3) is 87.6 Å². The summed E-state index contributed by atoms with van der Waals surface area (Å²) in [5, 5.41) is 10.3. The average molecular weight is 587 g/mol. The molecule has 0 heterocycles. The number of benzene rings is 9. The van der Waals surface area contributed by atoms with Gasteiger partial charge in [0.15, 0.2) is 0 Å². The number of rotatable bonds is 4. The molecule has 9 aromatic rings. The first kappa shape index (κ1) is 26.3. The average Bonchev–Trinajstić information content (AvgIpc) is 3.11. The second-order valence-electron chi connectivity index (χ2n) is 12.1. The molecule has 2 heteroatoms. The van der Waals surface area contributed by atoms with E-state index in [9.17, 15) is 0 Å². The highest BCUT2D eigenvalue weighted by atomic mass is 14.5. The van der Waals surface area contributed by atoms with Gasteiger partial charge in [0.25, 0.3) is 0 Å². The quantitative estimate of drug-likeness (QED) is 0.122. The van der Waals surface area contributed by atoms with Crippen molar-refractivity contribution in [2.75, 3.05) is 11.5 Å². The largest absolute Gasteiger partial charge is 0.399 e. The normalized spacial score (nSPS) is 11.7.